The molecule has 0 N–H and O–H groups in total. The average Bonchev–Trinajstić information content (AvgIpc) is 2.40. The monoisotopic (exact) mass is 379 g/mol. The van der Waals surface area contributed by atoms with Crippen LogP contribution in [-0.4, -0.2) is 4.98 Å². The third kappa shape index (κ3) is 2.48. The fraction of sp³-hybridized carbons (Fsp3) is 0. The summed E-state index contributed by atoms with van der Waals surface area (Å²) in [7, 11) is 0. The summed E-state index contributed by atoms with van der Waals surface area (Å²) in [4.78, 5) is 16.3. The molecular weight excluding hydrogens is 374 g/mol. The van der Waals surface area contributed by atoms with Crippen molar-refractivity contribution in [3.8, 4) is 11.5 Å². The quantitative estimate of drug-likeness (QED) is 0.629. The average molecular weight is 381 g/mol. The molecule has 0 amide bonds. The molecule has 0 radical (unpaired) electrons. The van der Waals surface area contributed by atoms with Gasteiger partial charge in [0, 0.05) is 14.5 Å². The van der Waals surface area contributed by atoms with E-state index in [-0.39, 0.29) is 5.63 Å². The van der Waals surface area contributed by atoms with Crippen molar-refractivity contribution < 1.29 is 4.42 Å². The maximum atomic E-state index is 12.0. The summed E-state index contributed by atoms with van der Waals surface area (Å²) in [6, 6.07) is 12.8. The molecule has 0 spiro atoms. The Labute approximate surface area is 125 Å². The minimum atomic E-state index is -0.385. The number of nitrogens with zero attached hydrogens (tertiary/aromatic N) is 1. The van der Waals surface area contributed by atoms with E-state index in [9.17, 15) is 4.79 Å². The first-order valence-corrected chi connectivity index (χ1v) is 7.08. The minimum Gasteiger partial charge on any atom is -0.403 e. The van der Waals surface area contributed by atoms with E-state index in [2.05, 4.69) is 36.8 Å². The zero-order valence-electron chi connectivity index (χ0n) is 9.56. The van der Waals surface area contributed by atoms with Gasteiger partial charge >= 0.3 is 5.63 Å². The van der Waals surface area contributed by atoms with Crippen LogP contribution in [0.25, 0.3) is 22.4 Å². The van der Waals surface area contributed by atoms with Crippen LogP contribution in [0.1, 0.15) is 0 Å². The predicted octanol–water partition coefficient (Wildman–Crippen LogP) is 4.38. The molecule has 1 aromatic heterocycles. The van der Waals surface area contributed by atoms with Crippen LogP contribution in [0, 0.1) is 0 Å². The van der Waals surface area contributed by atoms with Crippen LogP contribution in [-0.2, 0) is 0 Å². The Bertz CT molecular complexity index is 810. The summed E-state index contributed by atoms with van der Waals surface area (Å²) in [5.41, 5.74) is 1.01. The molecule has 3 aromatic rings. The van der Waals surface area contributed by atoms with E-state index in [4.69, 9.17) is 4.42 Å². The third-order valence-electron chi connectivity index (χ3n) is 2.68. The van der Waals surface area contributed by atoms with Gasteiger partial charge in [-0.05, 0) is 42.5 Å². The Hall–Kier alpha value is -1.46. The molecule has 2 aromatic carbocycles. The Morgan fingerprint density at radius 2 is 1.63 bits per heavy atom. The van der Waals surface area contributed by atoms with Gasteiger partial charge in [0.2, 0.25) is 5.89 Å². The molecule has 5 heteroatoms. The van der Waals surface area contributed by atoms with E-state index in [1.165, 1.54) is 0 Å². The molecule has 3 rings (SSSR count). The zero-order chi connectivity index (χ0) is 13.4. The van der Waals surface area contributed by atoms with Crippen LogP contribution < -0.4 is 5.63 Å². The number of aromatic nitrogens is 1. The molecule has 0 atom stereocenters. The topological polar surface area (TPSA) is 43.1 Å². The number of hydrogen-bond donors (Lipinski definition) is 0. The molecule has 94 valence electrons. The largest absolute Gasteiger partial charge is 0.403 e. The fourth-order valence-corrected chi connectivity index (χ4v) is 2.39. The molecule has 0 unspecified atom stereocenters. The standard InChI is InChI=1S/C14H7Br2NO2/c15-9-3-1-8(2-4-9)13-17-12-6-5-10(16)7-11(12)14(18)19-13/h1-7H. The lowest BCUT2D eigenvalue weighted by molar-refractivity contribution is 0.518. The molecular formula is C14H7Br2NO2. The molecule has 1 heterocycles. The highest BCUT2D eigenvalue weighted by Gasteiger charge is 2.08. The first-order valence-electron chi connectivity index (χ1n) is 5.50. The Morgan fingerprint density at radius 3 is 2.37 bits per heavy atom. The second-order valence-electron chi connectivity index (χ2n) is 3.97. The van der Waals surface area contributed by atoms with Crippen molar-refractivity contribution in [1.29, 1.82) is 0 Å². The van der Waals surface area contributed by atoms with Crippen molar-refractivity contribution in [1.82, 2.24) is 4.98 Å². The van der Waals surface area contributed by atoms with Crippen molar-refractivity contribution in [2.75, 3.05) is 0 Å². The maximum absolute atomic E-state index is 12.0. The molecule has 0 saturated heterocycles. The first-order chi connectivity index (χ1) is 9.13. The smallest absolute Gasteiger partial charge is 0.347 e. The zero-order valence-corrected chi connectivity index (χ0v) is 12.7. The van der Waals surface area contributed by atoms with Gasteiger partial charge in [-0.25, -0.2) is 9.78 Å². The lowest BCUT2D eigenvalue weighted by Gasteiger charge is -2.02. The predicted molar refractivity (Wildman–Crippen MR) is 81.1 cm³/mol. The number of fused-ring (bicyclic) bond motifs is 1. The minimum absolute atomic E-state index is 0.326. The van der Waals surface area contributed by atoms with Gasteiger partial charge in [-0.3, -0.25) is 0 Å². The molecule has 0 bridgehead atoms. The lowest BCUT2D eigenvalue weighted by atomic mass is 10.2. The highest BCUT2D eigenvalue weighted by molar-refractivity contribution is 9.10. The van der Waals surface area contributed by atoms with Crippen LogP contribution in [0.2, 0.25) is 0 Å². The van der Waals surface area contributed by atoms with Gasteiger partial charge in [-0.2, -0.15) is 0 Å². The molecule has 3 nitrogen and oxygen atoms in total. The van der Waals surface area contributed by atoms with E-state index in [1.807, 2.05) is 30.3 Å². The van der Waals surface area contributed by atoms with E-state index < -0.39 is 0 Å². The van der Waals surface area contributed by atoms with E-state index in [0.717, 1.165) is 14.5 Å². The van der Waals surface area contributed by atoms with Crippen LogP contribution in [0.15, 0.2) is 60.6 Å². The van der Waals surface area contributed by atoms with Crippen molar-refractivity contribution in [2.45, 2.75) is 0 Å². The lowest BCUT2D eigenvalue weighted by Crippen LogP contribution is -2.02. The van der Waals surface area contributed by atoms with E-state index >= 15 is 0 Å². The number of halogens is 2. The molecule has 0 fully saturated rings. The molecule has 0 saturated carbocycles. The van der Waals surface area contributed by atoms with E-state index in [1.54, 1.807) is 12.1 Å². The van der Waals surface area contributed by atoms with Crippen LogP contribution in [0.4, 0.5) is 0 Å². The molecule has 0 aliphatic carbocycles. The second kappa shape index (κ2) is 4.90. The SMILES string of the molecule is O=c1oc(-c2ccc(Br)cc2)nc2ccc(Br)cc12. The van der Waals surface area contributed by atoms with Crippen LogP contribution in [0.5, 0.6) is 0 Å². The van der Waals surface area contributed by atoms with Gasteiger partial charge in [0.15, 0.2) is 0 Å². The summed E-state index contributed by atoms with van der Waals surface area (Å²) in [5, 5.41) is 0.468. The summed E-state index contributed by atoms with van der Waals surface area (Å²) in [5.74, 6) is 0.326. The fourth-order valence-electron chi connectivity index (χ4n) is 1.76. The van der Waals surface area contributed by atoms with Gasteiger partial charge in [-0.1, -0.05) is 31.9 Å². The molecule has 0 aliphatic heterocycles. The van der Waals surface area contributed by atoms with Gasteiger partial charge in [0.25, 0.3) is 0 Å². The Morgan fingerprint density at radius 1 is 0.947 bits per heavy atom. The van der Waals surface area contributed by atoms with Gasteiger partial charge in [0.05, 0.1) is 10.9 Å². The highest BCUT2D eigenvalue weighted by Crippen LogP contribution is 2.22. The highest BCUT2D eigenvalue weighted by atomic mass is 79.9. The van der Waals surface area contributed by atoms with Crippen molar-refractivity contribution in [3.05, 3.63) is 61.8 Å². The van der Waals surface area contributed by atoms with Crippen LogP contribution in [0.3, 0.4) is 0 Å². The van der Waals surface area contributed by atoms with Crippen molar-refractivity contribution >= 4 is 42.8 Å². The van der Waals surface area contributed by atoms with Gasteiger partial charge < -0.3 is 4.42 Å². The van der Waals surface area contributed by atoms with E-state index in [0.29, 0.717) is 16.8 Å². The maximum Gasteiger partial charge on any atom is 0.347 e. The Balaban J connectivity index is 2.24. The summed E-state index contributed by atoms with van der Waals surface area (Å²) >= 11 is 6.69. The van der Waals surface area contributed by atoms with Crippen LogP contribution >= 0.6 is 31.9 Å². The van der Waals surface area contributed by atoms with Gasteiger partial charge in [-0.15, -0.1) is 0 Å². The third-order valence-corrected chi connectivity index (χ3v) is 3.70. The number of rotatable bonds is 1. The number of hydrogen-bond acceptors (Lipinski definition) is 3. The van der Waals surface area contributed by atoms with Gasteiger partial charge in [0.1, 0.15) is 0 Å². The summed E-state index contributed by atoms with van der Waals surface area (Å²) in [6.45, 7) is 0. The Kier molecular flexibility index (Phi) is 3.24. The number of benzene rings is 2. The summed E-state index contributed by atoms with van der Waals surface area (Å²) < 4.78 is 7.05. The molecule has 0 aliphatic rings. The summed E-state index contributed by atoms with van der Waals surface area (Å²) in [6.07, 6.45) is 0. The first kappa shape index (κ1) is 12.6. The van der Waals surface area contributed by atoms with Crippen molar-refractivity contribution in [3.63, 3.8) is 0 Å². The second-order valence-corrected chi connectivity index (χ2v) is 5.81. The molecule has 19 heavy (non-hydrogen) atoms. The van der Waals surface area contributed by atoms with Crippen molar-refractivity contribution in [2.24, 2.45) is 0 Å². The normalized spacial score (nSPS) is 10.8.